The molecule has 86 valence electrons. The lowest BCUT2D eigenvalue weighted by molar-refractivity contribution is -0.268. The molecule has 0 heterocycles. The van der Waals surface area contributed by atoms with Gasteiger partial charge in [-0.15, -0.1) is 5.75 Å². The van der Waals surface area contributed by atoms with Crippen LogP contribution in [0.2, 0.25) is 5.02 Å². The molecule has 1 N–H and O–H groups in total. The van der Waals surface area contributed by atoms with Crippen molar-refractivity contribution < 1.29 is 15.0 Å². The van der Waals surface area contributed by atoms with Gasteiger partial charge in [0.05, 0.1) is 5.56 Å². The van der Waals surface area contributed by atoms with Crippen molar-refractivity contribution >= 4 is 17.6 Å². The lowest BCUT2D eigenvalue weighted by atomic mass is 10.0. The molecule has 2 aromatic rings. The topological polar surface area (TPSA) is 60.4 Å². The minimum absolute atomic E-state index is 0.0768. The van der Waals surface area contributed by atoms with Gasteiger partial charge in [-0.25, -0.2) is 4.79 Å². The molecule has 0 aliphatic heterocycles. The van der Waals surface area contributed by atoms with Crippen LogP contribution in [0.3, 0.4) is 0 Å². The summed E-state index contributed by atoms with van der Waals surface area (Å²) >= 11 is 6.01. The number of carbonyl (C=O) groups is 1. The quantitative estimate of drug-likeness (QED) is 0.888. The second kappa shape index (κ2) is 4.47. The van der Waals surface area contributed by atoms with Crippen LogP contribution in [0.4, 0.5) is 0 Å². The minimum atomic E-state index is -1.02. The lowest BCUT2D eigenvalue weighted by Gasteiger charge is -2.08. The van der Waals surface area contributed by atoms with Crippen molar-refractivity contribution in [3.8, 4) is 16.9 Å². The van der Waals surface area contributed by atoms with Crippen LogP contribution in [-0.4, -0.2) is 11.1 Å². The van der Waals surface area contributed by atoms with Gasteiger partial charge in [-0.3, -0.25) is 0 Å². The van der Waals surface area contributed by atoms with E-state index in [2.05, 4.69) is 0 Å². The maximum Gasteiger partial charge on any atom is 0.335 e. The fourth-order valence-electron chi connectivity index (χ4n) is 1.52. The summed E-state index contributed by atoms with van der Waals surface area (Å²) in [5.41, 5.74) is 1.63. The zero-order valence-corrected chi connectivity index (χ0v) is 9.44. The molecular formula is C13H8ClO3-. The Balaban J connectivity index is 2.46. The Morgan fingerprint density at radius 3 is 2.29 bits per heavy atom. The fourth-order valence-corrected chi connectivity index (χ4v) is 1.81. The van der Waals surface area contributed by atoms with E-state index < -0.39 is 5.97 Å². The minimum Gasteiger partial charge on any atom is -0.872 e. The average molecular weight is 248 g/mol. The summed E-state index contributed by atoms with van der Waals surface area (Å²) in [6, 6.07) is 10.7. The highest BCUT2D eigenvalue weighted by molar-refractivity contribution is 6.33. The summed E-state index contributed by atoms with van der Waals surface area (Å²) < 4.78 is 0. The van der Waals surface area contributed by atoms with Crippen LogP contribution in [0.15, 0.2) is 42.5 Å². The molecule has 0 saturated carbocycles. The van der Waals surface area contributed by atoms with Crippen molar-refractivity contribution in [3.63, 3.8) is 0 Å². The van der Waals surface area contributed by atoms with Crippen molar-refractivity contribution in [1.29, 1.82) is 0 Å². The first-order valence-electron chi connectivity index (χ1n) is 4.88. The lowest BCUT2D eigenvalue weighted by Crippen LogP contribution is -1.96. The average Bonchev–Trinajstić information content (AvgIpc) is 2.30. The SMILES string of the molecule is O=C(O)c1ccc(-c2ccc([O-])cc2)c(Cl)c1. The number of halogens is 1. The molecule has 2 rings (SSSR count). The van der Waals surface area contributed by atoms with Gasteiger partial charge in [0, 0.05) is 10.6 Å². The molecule has 0 unspecified atom stereocenters. The summed E-state index contributed by atoms with van der Waals surface area (Å²) in [4.78, 5) is 10.7. The molecule has 0 atom stereocenters. The zero-order valence-electron chi connectivity index (χ0n) is 8.68. The van der Waals surface area contributed by atoms with Gasteiger partial charge in [-0.1, -0.05) is 41.9 Å². The Kier molecular flexibility index (Phi) is 3.02. The third-order valence-corrected chi connectivity index (χ3v) is 2.69. The van der Waals surface area contributed by atoms with Crippen molar-refractivity contribution in [2.24, 2.45) is 0 Å². The van der Waals surface area contributed by atoms with E-state index in [1.54, 1.807) is 18.2 Å². The van der Waals surface area contributed by atoms with Crippen LogP contribution in [0.25, 0.3) is 11.1 Å². The third kappa shape index (κ3) is 2.40. The number of hydrogen-bond acceptors (Lipinski definition) is 2. The third-order valence-electron chi connectivity index (χ3n) is 2.38. The Morgan fingerprint density at radius 2 is 1.76 bits per heavy atom. The van der Waals surface area contributed by atoms with Crippen LogP contribution in [0, 0.1) is 0 Å². The Labute approximate surface area is 103 Å². The van der Waals surface area contributed by atoms with E-state index in [0.717, 1.165) is 5.56 Å². The molecule has 0 aliphatic carbocycles. The number of carboxylic acids is 1. The molecule has 4 heteroatoms. The first kappa shape index (κ1) is 11.5. The molecular weight excluding hydrogens is 240 g/mol. The summed E-state index contributed by atoms with van der Waals surface area (Å²) in [7, 11) is 0. The van der Waals surface area contributed by atoms with Crippen LogP contribution in [-0.2, 0) is 0 Å². The molecule has 3 nitrogen and oxygen atoms in total. The summed E-state index contributed by atoms with van der Waals surface area (Å²) in [5.74, 6) is -1.10. The van der Waals surface area contributed by atoms with E-state index in [1.165, 1.54) is 24.3 Å². The van der Waals surface area contributed by atoms with Gasteiger partial charge in [-0.2, -0.15) is 0 Å². The number of hydrogen-bond donors (Lipinski definition) is 1. The highest BCUT2D eigenvalue weighted by Crippen LogP contribution is 2.29. The van der Waals surface area contributed by atoms with Crippen LogP contribution in [0.5, 0.6) is 5.75 Å². The van der Waals surface area contributed by atoms with E-state index >= 15 is 0 Å². The predicted molar refractivity (Wildman–Crippen MR) is 63.3 cm³/mol. The van der Waals surface area contributed by atoms with Crippen molar-refractivity contribution in [2.75, 3.05) is 0 Å². The molecule has 2 aromatic carbocycles. The summed E-state index contributed by atoms with van der Waals surface area (Å²) in [6.45, 7) is 0. The molecule has 0 spiro atoms. The monoisotopic (exact) mass is 247 g/mol. The van der Waals surface area contributed by atoms with Gasteiger partial charge >= 0.3 is 5.97 Å². The molecule has 0 amide bonds. The van der Waals surface area contributed by atoms with E-state index in [1.807, 2.05) is 0 Å². The molecule has 0 aliphatic rings. The number of benzene rings is 2. The van der Waals surface area contributed by atoms with Gasteiger partial charge in [0.25, 0.3) is 0 Å². The Bertz CT molecular complexity index is 561. The Morgan fingerprint density at radius 1 is 1.12 bits per heavy atom. The first-order valence-corrected chi connectivity index (χ1v) is 5.26. The van der Waals surface area contributed by atoms with E-state index in [-0.39, 0.29) is 11.3 Å². The smallest absolute Gasteiger partial charge is 0.335 e. The second-order valence-electron chi connectivity index (χ2n) is 3.52. The van der Waals surface area contributed by atoms with E-state index in [9.17, 15) is 9.90 Å². The highest BCUT2D eigenvalue weighted by Gasteiger charge is 2.08. The molecule has 0 fully saturated rings. The summed E-state index contributed by atoms with van der Waals surface area (Å²) in [5, 5.41) is 20.1. The molecule has 17 heavy (non-hydrogen) atoms. The van der Waals surface area contributed by atoms with Crippen LogP contribution >= 0.6 is 11.6 Å². The number of aromatic carboxylic acids is 1. The summed E-state index contributed by atoms with van der Waals surface area (Å²) in [6.07, 6.45) is 0. The zero-order chi connectivity index (χ0) is 12.4. The predicted octanol–water partition coefficient (Wildman–Crippen LogP) is 2.78. The highest BCUT2D eigenvalue weighted by atomic mass is 35.5. The normalized spacial score (nSPS) is 10.2. The van der Waals surface area contributed by atoms with Gasteiger partial charge in [0.15, 0.2) is 0 Å². The maximum absolute atomic E-state index is 11.0. The van der Waals surface area contributed by atoms with Gasteiger partial charge in [0.2, 0.25) is 0 Å². The standard InChI is InChI=1S/C13H9ClO3/c14-12-7-9(13(16)17)3-6-11(12)8-1-4-10(15)5-2-8/h1-7,15H,(H,16,17)/p-1. The first-order chi connectivity index (χ1) is 8.08. The maximum atomic E-state index is 11.0. The number of carboxylic acid groups (broad SMARTS) is 1. The van der Waals surface area contributed by atoms with Crippen molar-refractivity contribution in [1.82, 2.24) is 0 Å². The number of rotatable bonds is 2. The van der Waals surface area contributed by atoms with Crippen molar-refractivity contribution in [2.45, 2.75) is 0 Å². The molecule has 0 aromatic heterocycles. The van der Waals surface area contributed by atoms with Crippen LogP contribution in [0.1, 0.15) is 10.4 Å². The molecule has 0 bridgehead atoms. The van der Waals surface area contributed by atoms with Gasteiger partial charge in [0.1, 0.15) is 0 Å². The fraction of sp³-hybridized carbons (Fsp3) is 0. The van der Waals surface area contributed by atoms with E-state index in [0.29, 0.717) is 10.6 Å². The van der Waals surface area contributed by atoms with Gasteiger partial charge < -0.3 is 10.2 Å². The van der Waals surface area contributed by atoms with E-state index in [4.69, 9.17) is 16.7 Å². The molecule has 0 saturated heterocycles. The van der Waals surface area contributed by atoms with Gasteiger partial charge in [-0.05, 0) is 17.7 Å². The second-order valence-corrected chi connectivity index (χ2v) is 3.93. The molecule has 0 radical (unpaired) electrons. The Hall–Kier alpha value is -2.00. The van der Waals surface area contributed by atoms with Crippen LogP contribution < -0.4 is 5.11 Å². The van der Waals surface area contributed by atoms with Crippen molar-refractivity contribution in [3.05, 3.63) is 53.1 Å². The largest absolute Gasteiger partial charge is 0.872 e.